The van der Waals surface area contributed by atoms with Crippen LogP contribution >= 0.6 is 11.6 Å². The molecule has 7 heteroatoms. The normalized spacial score (nSPS) is 20.4. The number of methoxy groups -OCH3 is 1. The van der Waals surface area contributed by atoms with Crippen LogP contribution in [-0.4, -0.2) is 73.2 Å². The highest BCUT2D eigenvalue weighted by Gasteiger charge is 2.30. The lowest BCUT2D eigenvalue weighted by Gasteiger charge is -2.36. The monoisotopic (exact) mass is 430 g/mol. The highest BCUT2D eigenvalue weighted by molar-refractivity contribution is 6.30. The second-order valence-electron chi connectivity index (χ2n) is 8.19. The van der Waals surface area contributed by atoms with Gasteiger partial charge in [-0.15, -0.1) is 0 Å². The highest BCUT2D eigenvalue weighted by Crippen LogP contribution is 2.29. The fourth-order valence-corrected chi connectivity index (χ4v) is 4.82. The maximum Gasteiger partial charge on any atom is 0.255 e. The van der Waals surface area contributed by atoms with Gasteiger partial charge in [-0.2, -0.15) is 0 Å². The van der Waals surface area contributed by atoms with Crippen molar-refractivity contribution in [3.05, 3.63) is 52.8 Å². The van der Waals surface area contributed by atoms with Crippen molar-refractivity contribution in [1.29, 1.82) is 0 Å². The zero-order chi connectivity index (χ0) is 21.1. The van der Waals surface area contributed by atoms with Gasteiger partial charge in [-0.3, -0.25) is 9.69 Å². The number of aromatic nitrogens is 1. The Morgan fingerprint density at radius 3 is 2.63 bits per heavy atom. The maximum absolute atomic E-state index is 13.0. The van der Waals surface area contributed by atoms with Crippen LogP contribution in [0.3, 0.4) is 0 Å². The molecule has 1 atom stereocenters. The molecule has 1 aromatic carbocycles. The summed E-state index contributed by atoms with van der Waals surface area (Å²) in [5, 5.41) is 0.786. The molecule has 1 amide bonds. The predicted octanol–water partition coefficient (Wildman–Crippen LogP) is 3.42. The number of piperazine rings is 1. The summed E-state index contributed by atoms with van der Waals surface area (Å²) in [5.41, 5.74) is 2.99. The summed E-state index contributed by atoms with van der Waals surface area (Å²) in [6.07, 6.45) is 3.76. The van der Waals surface area contributed by atoms with E-state index in [0.29, 0.717) is 0 Å². The lowest BCUT2D eigenvalue weighted by molar-refractivity contribution is 0.0689. The smallest absolute Gasteiger partial charge is 0.255 e. The van der Waals surface area contributed by atoms with Gasteiger partial charge in [-0.25, -0.2) is 0 Å². The predicted molar refractivity (Wildman–Crippen MR) is 120 cm³/mol. The number of benzene rings is 1. The average Bonchev–Trinajstić information content (AvgIpc) is 3.08. The third-order valence-corrected chi connectivity index (χ3v) is 6.57. The number of amides is 1. The van der Waals surface area contributed by atoms with Crippen LogP contribution in [-0.2, 0) is 11.8 Å². The van der Waals surface area contributed by atoms with E-state index in [1.54, 1.807) is 7.11 Å². The quantitative estimate of drug-likeness (QED) is 0.704. The van der Waals surface area contributed by atoms with E-state index in [0.717, 1.165) is 74.9 Å². The summed E-state index contributed by atoms with van der Waals surface area (Å²) in [7, 11) is 3.71. The number of ether oxygens (including phenoxy) is 1. The van der Waals surface area contributed by atoms with Crippen molar-refractivity contribution >= 4 is 23.2 Å². The number of hydrogen-bond donors (Lipinski definition) is 0. The van der Waals surface area contributed by atoms with Crippen molar-refractivity contribution in [3.8, 4) is 0 Å². The van der Waals surface area contributed by atoms with E-state index in [1.165, 1.54) is 5.69 Å². The third-order valence-electron chi connectivity index (χ3n) is 6.34. The first-order valence-electron chi connectivity index (χ1n) is 10.8. The molecule has 2 aliphatic rings. The van der Waals surface area contributed by atoms with Gasteiger partial charge in [0, 0.05) is 70.3 Å². The molecule has 2 aromatic rings. The van der Waals surface area contributed by atoms with E-state index in [1.807, 2.05) is 47.0 Å². The van der Waals surface area contributed by atoms with Crippen LogP contribution in [0, 0.1) is 0 Å². The molecule has 6 nitrogen and oxygen atoms in total. The fourth-order valence-electron chi connectivity index (χ4n) is 4.64. The zero-order valence-corrected chi connectivity index (χ0v) is 18.6. The Morgan fingerprint density at radius 2 is 1.90 bits per heavy atom. The van der Waals surface area contributed by atoms with Crippen LogP contribution in [0.1, 0.15) is 35.0 Å². The van der Waals surface area contributed by atoms with Crippen LogP contribution in [0.5, 0.6) is 0 Å². The minimum atomic E-state index is -0.0199. The van der Waals surface area contributed by atoms with Crippen molar-refractivity contribution in [2.24, 2.45) is 7.05 Å². The molecule has 4 rings (SSSR count). The van der Waals surface area contributed by atoms with Gasteiger partial charge >= 0.3 is 0 Å². The van der Waals surface area contributed by atoms with E-state index >= 15 is 0 Å². The van der Waals surface area contributed by atoms with Crippen molar-refractivity contribution in [1.82, 2.24) is 14.4 Å². The minimum Gasteiger partial charge on any atom is -0.375 e. The molecular weight excluding hydrogens is 400 g/mol. The van der Waals surface area contributed by atoms with Crippen molar-refractivity contribution in [3.63, 3.8) is 0 Å². The maximum atomic E-state index is 13.0. The van der Waals surface area contributed by atoms with Crippen molar-refractivity contribution < 1.29 is 9.53 Å². The number of hydrogen-bond acceptors (Lipinski definition) is 4. The molecule has 2 aliphatic heterocycles. The van der Waals surface area contributed by atoms with E-state index in [-0.39, 0.29) is 12.0 Å². The van der Waals surface area contributed by atoms with Gasteiger partial charge in [0.2, 0.25) is 0 Å². The number of nitrogens with zero attached hydrogens (tertiary/aromatic N) is 4. The Morgan fingerprint density at radius 1 is 1.10 bits per heavy atom. The average molecular weight is 431 g/mol. The lowest BCUT2D eigenvalue weighted by Crippen LogP contribution is -2.47. The molecule has 1 saturated heterocycles. The third kappa shape index (κ3) is 4.51. The van der Waals surface area contributed by atoms with E-state index in [4.69, 9.17) is 16.3 Å². The first-order chi connectivity index (χ1) is 14.6. The van der Waals surface area contributed by atoms with E-state index in [2.05, 4.69) is 15.9 Å². The molecule has 1 fully saturated rings. The molecule has 0 N–H and O–H groups in total. The first kappa shape index (κ1) is 21.2. The Kier molecular flexibility index (Phi) is 6.66. The second kappa shape index (κ2) is 9.41. The number of anilines is 1. The Balaban J connectivity index is 1.27. The van der Waals surface area contributed by atoms with Crippen molar-refractivity contribution in [2.45, 2.75) is 18.9 Å². The molecular formula is C23H31ClN4O2. The summed E-state index contributed by atoms with van der Waals surface area (Å²) in [6.45, 7) is 6.64. The number of halogens is 1. The van der Waals surface area contributed by atoms with Gasteiger partial charge in [0.15, 0.2) is 0 Å². The van der Waals surface area contributed by atoms with Crippen LogP contribution in [0.4, 0.5) is 5.69 Å². The summed E-state index contributed by atoms with van der Waals surface area (Å²) in [5.74, 6) is 0.135. The molecule has 1 aromatic heterocycles. The number of fused-ring (bicyclic) bond motifs is 1. The molecule has 0 radical (unpaired) electrons. The summed E-state index contributed by atoms with van der Waals surface area (Å²) >= 11 is 6.13. The Hall–Kier alpha value is -2.02. The molecule has 30 heavy (non-hydrogen) atoms. The molecule has 0 aliphatic carbocycles. The molecule has 0 saturated carbocycles. The summed E-state index contributed by atoms with van der Waals surface area (Å²) in [6, 6.07) is 10.0. The number of carbonyl (C=O) groups is 1. The second-order valence-corrected chi connectivity index (χ2v) is 8.63. The topological polar surface area (TPSA) is 41.0 Å². The molecule has 0 spiro atoms. The molecule has 1 unspecified atom stereocenters. The fraction of sp³-hybridized carbons (Fsp3) is 0.522. The van der Waals surface area contributed by atoms with Crippen LogP contribution < -0.4 is 4.90 Å². The summed E-state index contributed by atoms with van der Waals surface area (Å²) in [4.78, 5) is 19.9. The molecule has 3 heterocycles. The van der Waals surface area contributed by atoms with Gasteiger partial charge < -0.3 is 19.1 Å². The zero-order valence-electron chi connectivity index (χ0n) is 17.9. The largest absolute Gasteiger partial charge is 0.375 e. The van der Waals surface area contributed by atoms with Crippen LogP contribution in [0.15, 0.2) is 36.5 Å². The SMILES string of the molecule is COC1CCN(CCCN2CCN(c3cccc(Cl)c3)CC2)C(=O)c2ccn(C)c21. The first-order valence-corrected chi connectivity index (χ1v) is 11.1. The van der Waals surface area contributed by atoms with Crippen LogP contribution in [0.25, 0.3) is 0 Å². The number of carbonyl (C=O) groups excluding carboxylic acids is 1. The van der Waals surface area contributed by atoms with E-state index in [9.17, 15) is 4.79 Å². The standard InChI is InChI=1S/C23H31ClN4O2/c1-25-11-7-20-22(25)21(30-2)8-12-28(23(20)29)10-4-9-26-13-15-27(16-14-26)19-6-3-5-18(24)17-19/h3,5-7,11,17,21H,4,8-10,12-16H2,1-2H3. The molecule has 162 valence electrons. The molecule has 0 bridgehead atoms. The van der Waals surface area contributed by atoms with Gasteiger partial charge in [0.1, 0.15) is 0 Å². The van der Waals surface area contributed by atoms with Crippen molar-refractivity contribution in [2.75, 3.05) is 57.8 Å². The Labute approximate surface area is 183 Å². The van der Waals surface area contributed by atoms with Gasteiger partial charge in [0.05, 0.1) is 17.4 Å². The van der Waals surface area contributed by atoms with Crippen LogP contribution in [0.2, 0.25) is 5.02 Å². The Bertz CT molecular complexity index is 876. The van der Waals surface area contributed by atoms with Gasteiger partial charge in [0.25, 0.3) is 5.91 Å². The minimum absolute atomic E-state index is 0.0199. The van der Waals surface area contributed by atoms with Gasteiger partial charge in [-0.1, -0.05) is 17.7 Å². The lowest BCUT2D eigenvalue weighted by atomic mass is 10.1. The number of aryl methyl sites for hydroxylation is 1. The van der Waals surface area contributed by atoms with Gasteiger partial charge in [-0.05, 0) is 43.7 Å². The number of rotatable bonds is 6. The highest BCUT2D eigenvalue weighted by atomic mass is 35.5. The van der Waals surface area contributed by atoms with E-state index < -0.39 is 0 Å². The summed E-state index contributed by atoms with van der Waals surface area (Å²) < 4.78 is 7.68.